The van der Waals surface area contributed by atoms with Gasteiger partial charge in [0.25, 0.3) is 0 Å². The first-order valence-corrected chi connectivity index (χ1v) is 3.58. The van der Waals surface area contributed by atoms with E-state index in [1.54, 1.807) is 0 Å². The molecule has 0 fully saturated rings. The highest BCUT2D eigenvalue weighted by Gasteiger charge is 2.01. The maximum Gasteiger partial charge on any atom is 0.0234 e. The number of hydrogen-bond donors (Lipinski definition) is 0. The molecule has 0 aromatic carbocycles. The van der Waals surface area contributed by atoms with Gasteiger partial charge in [0.15, 0.2) is 0 Å². The third-order valence-electron chi connectivity index (χ3n) is 0.565. The van der Waals surface area contributed by atoms with E-state index in [-0.39, 0.29) is 5.41 Å². The average molecular weight is 128 g/mol. The Bertz CT molecular complexity index is 109. The lowest BCUT2D eigenvalue weighted by molar-refractivity contribution is 0.571. The quantitative estimate of drug-likeness (QED) is 0.345. The highest BCUT2D eigenvalue weighted by molar-refractivity contribution is 7.16. The standard InChI is InChI=1S/C7H13P/c1-7(2,3)5-4-6-8/h6,8H2,1-3H3. The highest BCUT2D eigenvalue weighted by atomic mass is 31.0. The maximum atomic E-state index is 3.10. The van der Waals surface area contributed by atoms with E-state index in [2.05, 4.69) is 41.9 Å². The lowest BCUT2D eigenvalue weighted by Crippen LogP contribution is -1.98. The highest BCUT2D eigenvalue weighted by Crippen LogP contribution is 2.09. The van der Waals surface area contributed by atoms with Gasteiger partial charge < -0.3 is 0 Å². The van der Waals surface area contributed by atoms with Gasteiger partial charge in [0.1, 0.15) is 0 Å². The van der Waals surface area contributed by atoms with E-state index >= 15 is 0 Å². The van der Waals surface area contributed by atoms with Crippen LogP contribution >= 0.6 is 9.24 Å². The zero-order valence-corrected chi connectivity index (χ0v) is 6.94. The molecule has 0 nitrogen and oxygen atoms in total. The summed E-state index contributed by atoms with van der Waals surface area (Å²) < 4.78 is 0. The van der Waals surface area contributed by atoms with Crippen molar-refractivity contribution >= 4 is 9.24 Å². The summed E-state index contributed by atoms with van der Waals surface area (Å²) in [7, 11) is 2.58. The van der Waals surface area contributed by atoms with Crippen LogP contribution in [0.3, 0.4) is 0 Å². The molecule has 0 saturated heterocycles. The number of rotatable bonds is 0. The second-order valence-corrected chi connectivity index (χ2v) is 3.16. The van der Waals surface area contributed by atoms with Gasteiger partial charge in [-0.3, -0.25) is 0 Å². The van der Waals surface area contributed by atoms with Crippen molar-refractivity contribution in [2.24, 2.45) is 5.41 Å². The third kappa shape index (κ3) is 5.99. The molecule has 8 heavy (non-hydrogen) atoms. The smallest absolute Gasteiger partial charge is 0.0234 e. The molecule has 0 aromatic heterocycles. The lowest BCUT2D eigenvalue weighted by Gasteiger charge is -2.06. The fourth-order valence-electron chi connectivity index (χ4n) is 0.316. The SMILES string of the molecule is CC(C)(C)C#CCP. The Labute approximate surface area is 54.3 Å². The Morgan fingerprint density at radius 2 is 1.88 bits per heavy atom. The Morgan fingerprint density at radius 3 is 2.00 bits per heavy atom. The lowest BCUT2D eigenvalue weighted by atomic mass is 9.98. The van der Waals surface area contributed by atoms with Crippen LogP contribution in [0, 0.1) is 17.3 Å². The fraction of sp³-hybridized carbons (Fsp3) is 0.714. The van der Waals surface area contributed by atoms with Gasteiger partial charge in [-0.1, -0.05) is 11.8 Å². The van der Waals surface area contributed by atoms with Crippen molar-refractivity contribution in [3.8, 4) is 11.8 Å². The molecular formula is C7H13P. The Kier molecular flexibility index (Phi) is 3.10. The molecule has 0 rings (SSSR count). The summed E-state index contributed by atoms with van der Waals surface area (Å²) in [5.74, 6) is 6.10. The monoisotopic (exact) mass is 128 g/mol. The summed E-state index contributed by atoms with van der Waals surface area (Å²) in [5, 5.41) is 0. The minimum atomic E-state index is 0.177. The average Bonchev–Trinajstić information content (AvgIpc) is 1.59. The summed E-state index contributed by atoms with van der Waals surface area (Å²) in [6, 6.07) is 0. The summed E-state index contributed by atoms with van der Waals surface area (Å²) in [4.78, 5) is 0. The largest absolute Gasteiger partial charge is 0.125 e. The summed E-state index contributed by atoms with van der Waals surface area (Å²) in [6.07, 6.45) is 0.886. The van der Waals surface area contributed by atoms with Crippen molar-refractivity contribution in [3.05, 3.63) is 0 Å². The van der Waals surface area contributed by atoms with Crippen LogP contribution in [0.25, 0.3) is 0 Å². The predicted octanol–water partition coefficient (Wildman–Crippen LogP) is 1.91. The van der Waals surface area contributed by atoms with Crippen LogP contribution in [0.1, 0.15) is 20.8 Å². The molecule has 0 heterocycles. The van der Waals surface area contributed by atoms with Gasteiger partial charge in [-0.05, 0) is 20.8 Å². The maximum absolute atomic E-state index is 3.10. The fourth-order valence-corrected chi connectivity index (χ4v) is 0.418. The van der Waals surface area contributed by atoms with Crippen molar-refractivity contribution in [3.63, 3.8) is 0 Å². The van der Waals surface area contributed by atoms with Crippen molar-refractivity contribution in [2.45, 2.75) is 20.8 Å². The third-order valence-corrected chi connectivity index (χ3v) is 0.770. The van der Waals surface area contributed by atoms with Crippen LogP contribution in [-0.2, 0) is 0 Å². The molecule has 0 aliphatic carbocycles. The molecule has 0 bridgehead atoms. The molecule has 0 aromatic rings. The second kappa shape index (κ2) is 3.10. The van der Waals surface area contributed by atoms with E-state index in [4.69, 9.17) is 0 Å². The van der Waals surface area contributed by atoms with Gasteiger partial charge in [-0.25, -0.2) is 0 Å². The Hall–Kier alpha value is -0.0100. The number of hydrogen-bond acceptors (Lipinski definition) is 0. The van der Waals surface area contributed by atoms with Crippen molar-refractivity contribution in [1.82, 2.24) is 0 Å². The van der Waals surface area contributed by atoms with E-state index in [0.717, 1.165) is 6.16 Å². The molecular weight excluding hydrogens is 115 g/mol. The molecule has 0 spiro atoms. The van der Waals surface area contributed by atoms with Gasteiger partial charge in [0, 0.05) is 11.6 Å². The zero-order valence-electron chi connectivity index (χ0n) is 5.78. The van der Waals surface area contributed by atoms with E-state index in [0.29, 0.717) is 0 Å². The summed E-state index contributed by atoms with van der Waals surface area (Å²) in [5.41, 5.74) is 0.177. The molecule has 46 valence electrons. The molecule has 0 saturated carbocycles. The van der Waals surface area contributed by atoms with Crippen LogP contribution in [0.4, 0.5) is 0 Å². The van der Waals surface area contributed by atoms with Gasteiger partial charge in [-0.15, -0.1) is 9.24 Å². The van der Waals surface area contributed by atoms with Crippen LogP contribution in [0.5, 0.6) is 0 Å². The van der Waals surface area contributed by atoms with Crippen molar-refractivity contribution in [2.75, 3.05) is 6.16 Å². The molecule has 0 N–H and O–H groups in total. The topological polar surface area (TPSA) is 0 Å². The van der Waals surface area contributed by atoms with Gasteiger partial charge in [0.05, 0.1) is 0 Å². The molecule has 1 heteroatoms. The van der Waals surface area contributed by atoms with Crippen LogP contribution in [0.2, 0.25) is 0 Å². The van der Waals surface area contributed by atoms with E-state index in [1.165, 1.54) is 0 Å². The first-order valence-electron chi connectivity index (χ1n) is 2.76. The van der Waals surface area contributed by atoms with E-state index in [1.807, 2.05) is 0 Å². The molecule has 0 radical (unpaired) electrons. The van der Waals surface area contributed by atoms with Crippen molar-refractivity contribution in [1.29, 1.82) is 0 Å². The van der Waals surface area contributed by atoms with E-state index < -0.39 is 0 Å². The van der Waals surface area contributed by atoms with E-state index in [9.17, 15) is 0 Å². The van der Waals surface area contributed by atoms with Gasteiger partial charge >= 0.3 is 0 Å². The van der Waals surface area contributed by atoms with Crippen LogP contribution < -0.4 is 0 Å². The van der Waals surface area contributed by atoms with Gasteiger partial charge in [0.2, 0.25) is 0 Å². The first kappa shape index (κ1) is 7.99. The Balaban J connectivity index is 3.69. The first-order chi connectivity index (χ1) is 3.56. The second-order valence-electron chi connectivity index (χ2n) is 2.76. The summed E-state index contributed by atoms with van der Waals surface area (Å²) >= 11 is 0. The molecule has 1 unspecified atom stereocenters. The molecule has 0 aliphatic heterocycles. The molecule has 1 atom stereocenters. The van der Waals surface area contributed by atoms with Crippen LogP contribution in [0.15, 0.2) is 0 Å². The molecule has 0 aliphatic rings. The van der Waals surface area contributed by atoms with Crippen molar-refractivity contribution < 1.29 is 0 Å². The minimum absolute atomic E-state index is 0.177. The zero-order chi connectivity index (χ0) is 6.62. The van der Waals surface area contributed by atoms with Crippen LogP contribution in [-0.4, -0.2) is 6.16 Å². The normalized spacial score (nSPS) is 10.0. The minimum Gasteiger partial charge on any atom is -0.125 e. The van der Waals surface area contributed by atoms with Gasteiger partial charge in [-0.2, -0.15) is 0 Å². The molecule has 0 amide bonds. The summed E-state index contributed by atoms with van der Waals surface area (Å²) in [6.45, 7) is 6.33. The Morgan fingerprint density at radius 1 is 1.38 bits per heavy atom. The predicted molar refractivity (Wildman–Crippen MR) is 41.8 cm³/mol.